The quantitative estimate of drug-likeness (QED) is 0.710. The summed E-state index contributed by atoms with van der Waals surface area (Å²) in [6.45, 7) is 2.31. The molecule has 0 aromatic heterocycles. The van der Waals surface area contributed by atoms with Crippen LogP contribution in [0.15, 0.2) is 0 Å². The van der Waals surface area contributed by atoms with E-state index in [1.807, 2.05) is 0 Å². The lowest BCUT2D eigenvalue weighted by atomic mass is 9.86. The van der Waals surface area contributed by atoms with Crippen LogP contribution >= 0.6 is 0 Å². The standard InChI is InChI=1S/C9H15F2NO/c1-2-12-8(13)7-4-3-5-9(10,11)6-7/h7H,2-6H2,1H3,(H,12,13). The van der Waals surface area contributed by atoms with Crippen molar-refractivity contribution in [2.45, 2.75) is 38.5 Å². The molecule has 0 spiro atoms. The van der Waals surface area contributed by atoms with Crippen LogP contribution in [0.5, 0.6) is 0 Å². The molecule has 1 aliphatic rings. The van der Waals surface area contributed by atoms with Gasteiger partial charge in [0.1, 0.15) is 0 Å². The van der Waals surface area contributed by atoms with Gasteiger partial charge >= 0.3 is 0 Å². The lowest BCUT2D eigenvalue weighted by Gasteiger charge is -2.27. The molecule has 1 atom stereocenters. The second-order valence-corrected chi connectivity index (χ2v) is 3.54. The average Bonchev–Trinajstić information content (AvgIpc) is 2.03. The number of nitrogens with one attached hydrogen (secondary N) is 1. The highest BCUT2D eigenvalue weighted by Gasteiger charge is 2.38. The van der Waals surface area contributed by atoms with E-state index in [0.29, 0.717) is 19.4 Å². The van der Waals surface area contributed by atoms with Crippen molar-refractivity contribution in [3.63, 3.8) is 0 Å². The minimum Gasteiger partial charge on any atom is -0.356 e. The normalized spacial score (nSPS) is 26.8. The van der Waals surface area contributed by atoms with E-state index in [4.69, 9.17) is 0 Å². The van der Waals surface area contributed by atoms with E-state index in [1.165, 1.54) is 0 Å². The first-order valence-electron chi connectivity index (χ1n) is 4.71. The molecule has 1 amide bonds. The third kappa shape index (κ3) is 2.94. The molecule has 4 heteroatoms. The zero-order valence-electron chi connectivity index (χ0n) is 7.78. The van der Waals surface area contributed by atoms with Crippen molar-refractivity contribution in [1.82, 2.24) is 5.32 Å². The van der Waals surface area contributed by atoms with Gasteiger partial charge < -0.3 is 5.32 Å². The molecular weight excluding hydrogens is 176 g/mol. The maximum absolute atomic E-state index is 12.9. The second kappa shape index (κ2) is 4.03. The Hall–Kier alpha value is -0.670. The van der Waals surface area contributed by atoms with Crippen molar-refractivity contribution in [2.75, 3.05) is 6.54 Å². The Morgan fingerprint density at radius 3 is 2.85 bits per heavy atom. The number of halogens is 2. The Labute approximate surface area is 76.7 Å². The summed E-state index contributed by atoms with van der Waals surface area (Å²) >= 11 is 0. The van der Waals surface area contributed by atoms with Crippen LogP contribution < -0.4 is 5.32 Å². The minimum absolute atomic E-state index is 0.0666. The van der Waals surface area contributed by atoms with Crippen molar-refractivity contribution < 1.29 is 13.6 Å². The van der Waals surface area contributed by atoms with Crippen LogP contribution in [-0.4, -0.2) is 18.4 Å². The van der Waals surface area contributed by atoms with Crippen LogP contribution in [0.4, 0.5) is 8.78 Å². The van der Waals surface area contributed by atoms with E-state index >= 15 is 0 Å². The number of alkyl halides is 2. The molecule has 1 saturated carbocycles. The first-order valence-corrected chi connectivity index (χ1v) is 4.71. The largest absolute Gasteiger partial charge is 0.356 e. The van der Waals surface area contributed by atoms with Crippen LogP contribution in [-0.2, 0) is 4.79 Å². The molecule has 76 valence electrons. The minimum atomic E-state index is -2.63. The summed E-state index contributed by atoms with van der Waals surface area (Å²) in [6, 6.07) is 0. The summed E-state index contributed by atoms with van der Waals surface area (Å²) in [7, 11) is 0. The van der Waals surface area contributed by atoms with Gasteiger partial charge in [-0.1, -0.05) is 0 Å². The van der Waals surface area contributed by atoms with Crippen LogP contribution in [0.25, 0.3) is 0 Å². The molecule has 0 bridgehead atoms. The number of carbonyl (C=O) groups excluding carboxylic acids is 1. The molecule has 0 radical (unpaired) electrons. The predicted molar refractivity (Wildman–Crippen MR) is 45.6 cm³/mol. The van der Waals surface area contributed by atoms with E-state index < -0.39 is 11.8 Å². The van der Waals surface area contributed by atoms with Crippen LogP contribution in [0.2, 0.25) is 0 Å². The summed E-state index contributed by atoms with van der Waals surface area (Å²) in [4.78, 5) is 11.2. The number of hydrogen-bond donors (Lipinski definition) is 1. The fourth-order valence-corrected chi connectivity index (χ4v) is 1.71. The van der Waals surface area contributed by atoms with E-state index in [2.05, 4.69) is 5.32 Å². The summed E-state index contributed by atoms with van der Waals surface area (Å²) in [5.41, 5.74) is 0. The molecule has 1 N–H and O–H groups in total. The van der Waals surface area contributed by atoms with Gasteiger partial charge in [0.05, 0.1) is 0 Å². The molecule has 1 rings (SSSR count). The average molecular weight is 191 g/mol. The molecule has 0 aliphatic heterocycles. The molecule has 13 heavy (non-hydrogen) atoms. The van der Waals surface area contributed by atoms with Crippen molar-refractivity contribution in [2.24, 2.45) is 5.92 Å². The lowest BCUT2D eigenvalue weighted by Crippen LogP contribution is -2.37. The molecule has 1 unspecified atom stereocenters. The van der Waals surface area contributed by atoms with Gasteiger partial charge in [-0.15, -0.1) is 0 Å². The molecule has 0 aromatic carbocycles. The van der Waals surface area contributed by atoms with Gasteiger partial charge in [0.25, 0.3) is 0 Å². The molecule has 0 aromatic rings. The predicted octanol–water partition coefficient (Wildman–Crippen LogP) is 1.95. The summed E-state index contributed by atoms with van der Waals surface area (Å²) in [6.07, 6.45) is 0.706. The Balaban J connectivity index is 2.47. The number of rotatable bonds is 2. The smallest absolute Gasteiger partial charge is 0.248 e. The first kappa shape index (κ1) is 10.4. The Kier molecular flexibility index (Phi) is 3.22. The third-order valence-corrected chi connectivity index (χ3v) is 2.36. The molecule has 1 aliphatic carbocycles. The maximum Gasteiger partial charge on any atom is 0.248 e. The third-order valence-electron chi connectivity index (χ3n) is 2.36. The van der Waals surface area contributed by atoms with Gasteiger partial charge in [0.2, 0.25) is 11.8 Å². The Morgan fingerprint density at radius 1 is 1.62 bits per heavy atom. The topological polar surface area (TPSA) is 29.1 Å². The molecule has 0 saturated heterocycles. The second-order valence-electron chi connectivity index (χ2n) is 3.54. The number of amides is 1. The fourth-order valence-electron chi connectivity index (χ4n) is 1.71. The Morgan fingerprint density at radius 2 is 2.31 bits per heavy atom. The lowest BCUT2D eigenvalue weighted by molar-refractivity contribution is -0.132. The van der Waals surface area contributed by atoms with Crippen LogP contribution in [0.3, 0.4) is 0 Å². The zero-order valence-corrected chi connectivity index (χ0v) is 7.78. The highest BCUT2D eigenvalue weighted by Crippen LogP contribution is 2.36. The first-order chi connectivity index (χ1) is 6.05. The van der Waals surface area contributed by atoms with Gasteiger partial charge in [0, 0.05) is 25.3 Å². The highest BCUT2D eigenvalue weighted by atomic mass is 19.3. The zero-order chi connectivity index (χ0) is 9.90. The van der Waals surface area contributed by atoms with Gasteiger partial charge in [0.15, 0.2) is 0 Å². The number of carbonyl (C=O) groups is 1. The maximum atomic E-state index is 12.9. The van der Waals surface area contributed by atoms with Crippen molar-refractivity contribution in [3.05, 3.63) is 0 Å². The van der Waals surface area contributed by atoms with Crippen molar-refractivity contribution in [3.8, 4) is 0 Å². The molecule has 0 heterocycles. The summed E-state index contributed by atoms with van der Waals surface area (Å²) in [5, 5.41) is 2.58. The van der Waals surface area contributed by atoms with Crippen LogP contribution in [0, 0.1) is 5.92 Å². The van der Waals surface area contributed by atoms with Gasteiger partial charge in [-0.05, 0) is 19.8 Å². The van der Waals surface area contributed by atoms with Gasteiger partial charge in [-0.3, -0.25) is 4.79 Å². The monoisotopic (exact) mass is 191 g/mol. The van der Waals surface area contributed by atoms with Gasteiger partial charge in [-0.2, -0.15) is 0 Å². The molecular formula is C9H15F2NO. The fraction of sp³-hybridized carbons (Fsp3) is 0.889. The highest BCUT2D eigenvalue weighted by molar-refractivity contribution is 5.78. The summed E-state index contributed by atoms with van der Waals surface area (Å²) in [5.74, 6) is -3.33. The van der Waals surface area contributed by atoms with E-state index in [1.54, 1.807) is 6.92 Å². The number of hydrogen-bond acceptors (Lipinski definition) is 1. The van der Waals surface area contributed by atoms with E-state index in [0.717, 1.165) is 0 Å². The van der Waals surface area contributed by atoms with Crippen LogP contribution in [0.1, 0.15) is 32.6 Å². The Bertz CT molecular complexity index is 194. The SMILES string of the molecule is CCNC(=O)C1CCCC(F)(F)C1. The van der Waals surface area contributed by atoms with Crippen molar-refractivity contribution in [1.29, 1.82) is 0 Å². The van der Waals surface area contributed by atoms with E-state index in [9.17, 15) is 13.6 Å². The summed E-state index contributed by atoms with van der Waals surface area (Å²) < 4.78 is 25.8. The van der Waals surface area contributed by atoms with Gasteiger partial charge in [-0.25, -0.2) is 8.78 Å². The molecule has 2 nitrogen and oxygen atoms in total. The van der Waals surface area contributed by atoms with Crippen molar-refractivity contribution >= 4 is 5.91 Å². The van der Waals surface area contributed by atoms with E-state index in [-0.39, 0.29) is 18.7 Å². The molecule has 1 fully saturated rings.